The van der Waals surface area contributed by atoms with E-state index in [2.05, 4.69) is 42.3 Å². The minimum Gasteiger partial charge on any atom is -0.381 e. The van der Waals surface area contributed by atoms with Crippen LogP contribution in [0.3, 0.4) is 0 Å². The molecule has 0 unspecified atom stereocenters. The molecule has 3 rings (SSSR count). The monoisotopic (exact) mass is 296 g/mol. The number of hydrogen-bond acceptors (Lipinski definition) is 2. The van der Waals surface area contributed by atoms with Gasteiger partial charge in [-0.1, -0.05) is 29.8 Å². The highest BCUT2D eigenvalue weighted by molar-refractivity contribution is 6.35. The maximum absolute atomic E-state index is 6.23. The summed E-state index contributed by atoms with van der Waals surface area (Å²) in [4.78, 5) is 4.47. The lowest BCUT2D eigenvalue weighted by Crippen LogP contribution is -2.02. The van der Waals surface area contributed by atoms with E-state index < -0.39 is 0 Å². The van der Waals surface area contributed by atoms with Gasteiger partial charge in [-0.05, 0) is 54.8 Å². The van der Waals surface area contributed by atoms with Gasteiger partial charge >= 0.3 is 0 Å². The number of rotatable bonds is 3. The predicted molar refractivity (Wildman–Crippen MR) is 90.0 cm³/mol. The van der Waals surface area contributed by atoms with Gasteiger partial charge in [0.15, 0.2) is 0 Å². The third kappa shape index (κ3) is 2.86. The molecule has 3 aromatic rings. The molecule has 0 bridgehead atoms. The molecule has 1 heterocycles. The van der Waals surface area contributed by atoms with E-state index >= 15 is 0 Å². The smallest absolute Gasteiger partial charge is 0.0766 e. The van der Waals surface area contributed by atoms with Gasteiger partial charge in [-0.15, -0.1) is 0 Å². The Hall–Kier alpha value is -2.06. The fourth-order valence-corrected chi connectivity index (χ4v) is 2.67. The SMILES string of the molecule is Cc1ccc(C)c(NCc2ccc(Cl)c3cccnc23)c1. The van der Waals surface area contributed by atoms with Crippen LogP contribution in [-0.4, -0.2) is 4.98 Å². The number of benzene rings is 2. The Morgan fingerprint density at radius 1 is 1.10 bits per heavy atom. The third-order valence-corrected chi connectivity index (χ3v) is 3.99. The van der Waals surface area contributed by atoms with Crippen molar-refractivity contribution in [2.45, 2.75) is 20.4 Å². The maximum Gasteiger partial charge on any atom is 0.0766 e. The van der Waals surface area contributed by atoms with Crippen molar-refractivity contribution in [3.8, 4) is 0 Å². The highest BCUT2D eigenvalue weighted by Gasteiger charge is 2.06. The number of aryl methyl sites for hydroxylation is 2. The molecule has 0 atom stereocenters. The van der Waals surface area contributed by atoms with Gasteiger partial charge in [0.2, 0.25) is 0 Å². The Balaban J connectivity index is 1.92. The Kier molecular flexibility index (Phi) is 3.80. The number of anilines is 1. The van der Waals surface area contributed by atoms with Gasteiger partial charge in [-0.25, -0.2) is 0 Å². The molecule has 0 saturated carbocycles. The van der Waals surface area contributed by atoms with E-state index in [4.69, 9.17) is 11.6 Å². The zero-order valence-corrected chi connectivity index (χ0v) is 12.9. The molecule has 0 fully saturated rings. The van der Waals surface area contributed by atoms with Crippen LogP contribution in [-0.2, 0) is 6.54 Å². The lowest BCUT2D eigenvalue weighted by atomic mass is 10.1. The molecule has 2 nitrogen and oxygen atoms in total. The van der Waals surface area contributed by atoms with E-state index in [0.717, 1.165) is 33.7 Å². The molecule has 3 heteroatoms. The number of aromatic nitrogens is 1. The quantitative estimate of drug-likeness (QED) is 0.726. The van der Waals surface area contributed by atoms with Crippen molar-refractivity contribution in [2.75, 3.05) is 5.32 Å². The van der Waals surface area contributed by atoms with Gasteiger partial charge in [0.05, 0.1) is 5.52 Å². The van der Waals surface area contributed by atoms with Crippen LogP contribution in [0.25, 0.3) is 10.9 Å². The van der Waals surface area contributed by atoms with Gasteiger partial charge in [-0.3, -0.25) is 4.98 Å². The van der Waals surface area contributed by atoms with Crippen LogP contribution in [0.5, 0.6) is 0 Å². The Morgan fingerprint density at radius 3 is 2.81 bits per heavy atom. The molecule has 0 aliphatic carbocycles. The molecular formula is C18H17ClN2. The van der Waals surface area contributed by atoms with Gasteiger partial charge < -0.3 is 5.32 Å². The predicted octanol–water partition coefficient (Wildman–Crippen LogP) is 5.12. The van der Waals surface area contributed by atoms with Gasteiger partial charge in [0.25, 0.3) is 0 Å². The van der Waals surface area contributed by atoms with Crippen molar-refractivity contribution in [3.63, 3.8) is 0 Å². The lowest BCUT2D eigenvalue weighted by molar-refractivity contribution is 1.14. The highest BCUT2D eigenvalue weighted by Crippen LogP contribution is 2.26. The maximum atomic E-state index is 6.23. The highest BCUT2D eigenvalue weighted by atomic mass is 35.5. The molecule has 2 aromatic carbocycles. The molecule has 1 N–H and O–H groups in total. The summed E-state index contributed by atoms with van der Waals surface area (Å²) in [5.74, 6) is 0. The molecular weight excluding hydrogens is 280 g/mol. The average Bonchev–Trinajstić information content (AvgIpc) is 2.50. The summed E-state index contributed by atoms with van der Waals surface area (Å²) in [5.41, 5.74) is 5.77. The molecule has 106 valence electrons. The van der Waals surface area contributed by atoms with Crippen LogP contribution in [0.4, 0.5) is 5.69 Å². The van der Waals surface area contributed by atoms with Crippen molar-refractivity contribution in [3.05, 3.63) is 70.4 Å². The number of hydrogen-bond donors (Lipinski definition) is 1. The van der Waals surface area contributed by atoms with Crippen molar-refractivity contribution in [1.29, 1.82) is 0 Å². The largest absolute Gasteiger partial charge is 0.381 e. The van der Waals surface area contributed by atoms with Gasteiger partial charge in [-0.2, -0.15) is 0 Å². The molecule has 0 saturated heterocycles. The van der Waals surface area contributed by atoms with Crippen LogP contribution in [0, 0.1) is 13.8 Å². The summed E-state index contributed by atoms with van der Waals surface area (Å²) in [5, 5.41) is 5.24. The zero-order valence-electron chi connectivity index (χ0n) is 12.2. The van der Waals surface area contributed by atoms with Gasteiger partial charge in [0, 0.05) is 28.8 Å². The van der Waals surface area contributed by atoms with Crippen LogP contribution < -0.4 is 5.32 Å². The van der Waals surface area contributed by atoms with E-state index in [0.29, 0.717) is 0 Å². The molecule has 0 amide bonds. The van der Waals surface area contributed by atoms with E-state index in [9.17, 15) is 0 Å². The van der Waals surface area contributed by atoms with Crippen molar-refractivity contribution < 1.29 is 0 Å². The van der Waals surface area contributed by atoms with Crippen molar-refractivity contribution in [2.24, 2.45) is 0 Å². The van der Waals surface area contributed by atoms with Crippen molar-refractivity contribution >= 4 is 28.2 Å². The minimum atomic E-state index is 0.731. The van der Waals surface area contributed by atoms with Crippen molar-refractivity contribution in [1.82, 2.24) is 4.98 Å². The van der Waals surface area contributed by atoms with Crippen LogP contribution >= 0.6 is 11.6 Å². The first-order valence-electron chi connectivity index (χ1n) is 6.98. The van der Waals surface area contributed by atoms with Crippen LogP contribution in [0.15, 0.2) is 48.7 Å². The zero-order chi connectivity index (χ0) is 14.8. The average molecular weight is 297 g/mol. The van der Waals surface area contributed by atoms with Gasteiger partial charge in [0.1, 0.15) is 0 Å². The lowest BCUT2D eigenvalue weighted by Gasteiger charge is -2.12. The third-order valence-electron chi connectivity index (χ3n) is 3.66. The molecule has 1 aromatic heterocycles. The van der Waals surface area contributed by atoms with E-state index in [1.807, 2.05) is 24.3 Å². The standard InChI is InChI=1S/C18H17ClN2/c1-12-5-6-13(2)17(10-12)21-11-14-7-8-16(19)15-4-3-9-20-18(14)15/h3-10,21H,11H2,1-2H3. The Morgan fingerprint density at radius 2 is 1.95 bits per heavy atom. The first kappa shape index (κ1) is 13.9. The topological polar surface area (TPSA) is 24.9 Å². The number of pyridine rings is 1. The number of fused-ring (bicyclic) bond motifs is 1. The number of halogens is 1. The van der Waals surface area contributed by atoms with E-state index in [1.165, 1.54) is 11.1 Å². The first-order valence-corrected chi connectivity index (χ1v) is 7.36. The summed E-state index contributed by atoms with van der Waals surface area (Å²) in [6.45, 7) is 4.94. The van der Waals surface area contributed by atoms with E-state index in [-0.39, 0.29) is 0 Å². The number of nitrogens with zero attached hydrogens (tertiary/aromatic N) is 1. The fourth-order valence-electron chi connectivity index (χ4n) is 2.46. The normalized spacial score (nSPS) is 10.8. The molecule has 0 aliphatic rings. The molecule has 0 radical (unpaired) electrons. The summed E-state index contributed by atoms with van der Waals surface area (Å²) >= 11 is 6.23. The minimum absolute atomic E-state index is 0.731. The van der Waals surface area contributed by atoms with Crippen LogP contribution in [0.2, 0.25) is 5.02 Å². The second-order valence-corrected chi connectivity index (χ2v) is 5.69. The van der Waals surface area contributed by atoms with E-state index in [1.54, 1.807) is 6.20 Å². The molecule has 21 heavy (non-hydrogen) atoms. The Labute approximate surface area is 129 Å². The number of nitrogens with one attached hydrogen (secondary N) is 1. The first-order chi connectivity index (χ1) is 10.1. The molecule has 0 aliphatic heterocycles. The second kappa shape index (κ2) is 5.74. The summed E-state index contributed by atoms with van der Waals surface area (Å²) in [6, 6.07) is 14.3. The Bertz CT molecular complexity index is 796. The second-order valence-electron chi connectivity index (χ2n) is 5.28. The summed E-state index contributed by atoms with van der Waals surface area (Å²) in [6.07, 6.45) is 1.81. The van der Waals surface area contributed by atoms with Crippen LogP contribution in [0.1, 0.15) is 16.7 Å². The fraction of sp³-hybridized carbons (Fsp3) is 0.167. The summed E-state index contributed by atoms with van der Waals surface area (Å²) in [7, 11) is 0. The molecule has 0 spiro atoms. The summed E-state index contributed by atoms with van der Waals surface area (Å²) < 4.78 is 0.